The number of hydrogen-bond acceptors (Lipinski definition) is 3. The Kier molecular flexibility index (Phi) is 3.85. The van der Waals surface area contributed by atoms with E-state index in [2.05, 4.69) is 0 Å². The van der Waals surface area contributed by atoms with Crippen molar-refractivity contribution in [3.05, 3.63) is 34.3 Å². The van der Waals surface area contributed by atoms with Gasteiger partial charge in [-0.25, -0.2) is 0 Å². The highest BCUT2D eigenvalue weighted by atomic mass is 35.5. The average molecular weight is 265 g/mol. The fourth-order valence-electron chi connectivity index (χ4n) is 2.26. The molecule has 0 amide bonds. The first-order valence-electron chi connectivity index (χ1n) is 5.77. The molecule has 1 saturated heterocycles. The molecule has 0 spiro atoms. The summed E-state index contributed by atoms with van der Waals surface area (Å²) in [6.07, 6.45) is 1.58. The second-order valence-corrected chi connectivity index (χ2v) is 4.79. The molecular weight excluding hydrogens is 252 g/mol. The van der Waals surface area contributed by atoms with Crippen molar-refractivity contribution in [1.82, 2.24) is 4.90 Å². The van der Waals surface area contributed by atoms with Crippen LogP contribution in [0.4, 0.5) is 0 Å². The van der Waals surface area contributed by atoms with Gasteiger partial charge in [0.2, 0.25) is 0 Å². The van der Waals surface area contributed by atoms with Crippen LogP contribution < -0.4 is 0 Å². The van der Waals surface area contributed by atoms with Crippen LogP contribution in [0.25, 0.3) is 0 Å². The van der Waals surface area contributed by atoms with Gasteiger partial charge >= 0.3 is 5.97 Å². The van der Waals surface area contributed by atoms with E-state index in [9.17, 15) is 4.79 Å². The van der Waals surface area contributed by atoms with E-state index in [-0.39, 0.29) is 0 Å². The highest BCUT2D eigenvalue weighted by Gasteiger charge is 2.30. The first kappa shape index (κ1) is 12.9. The molecule has 18 heavy (non-hydrogen) atoms. The van der Waals surface area contributed by atoms with Crippen LogP contribution >= 0.6 is 11.6 Å². The Morgan fingerprint density at radius 1 is 1.61 bits per heavy atom. The van der Waals surface area contributed by atoms with Gasteiger partial charge < -0.3 is 5.11 Å². The minimum absolute atomic E-state index is 0.420. The van der Waals surface area contributed by atoms with E-state index in [1.54, 1.807) is 18.2 Å². The number of nitrogens with zero attached hydrogens (tertiary/aromatic N) is 2. The van der Waals surface area contributed by atoms with Crippen molar-refractivity contribution in [2.75, 3.05) is 6.54 Å². The van der Waals surface area contributed by atoms with E-state index in [4.69, 9.17) is 22.0 Å². The molecule has 1 aliphatic heterocycles. The summed E-state index contributed by atoms with van der Waals surface area (Å²) in [5, 5.41) is 18.4. The number of benzene rings is 1. The fourth-order valence-corrected chi connectivity index (χ4v) is 2.50. The molecular formula is C13H13ClN2O2. The zero-order valence-electron chi connectivity index (χ0n) is 9.77. The average Bonchev–Trinajstić information content (AvgIpc) is 2.80. The van der Waals surface area contributed by atoms with Gasteiger partial charge in [-0.1, -0.05) is 17.7 Å². The lowest BCUT2D eigenvalue weighted by molar-refractivity contribution is -0.142. The van der Waals surface area contributed by atoms with Gasteiger partial charge in [-0.3, -0.25) is 9.69 Å². The number of nitriles is 1. The highest BCUT2D eigenvalue weighted by molar-refractivity contribution is 6.31. The standard InChI is InChI=1S/C13H13ClN2O2/c14-11-6-9(7-15)3-4-10(11)8-16-5-1-2-12(16)13(17)18/h3-4,6,12H,1-2,5,8H2,(H,17,18). The molecule has 1 atom stereocenters. The minimum Gasteiger partial charge on any atom is -0.480 e. The van der Waals surface area contributed by atoms with Crippen LogP contribution in [0.5, 0.6) is 0 Å². The van der Waals surface area contributed by atoms with Gasteiger partial charge in [0.15, 0.2) is 0 Å². The van der Waals surface area contributed by atoms with Crippen LogP contribution in [0, 0.1) is 11.3 Å². The van der Waals surface area contributed by atoms with Gasteiger partial charge in [-0.15, -0.1) is 0 Å². The van der Waals surface area contributed by atoms with E-state index in [0.29, 0.717) is 23.6 Å². The Morgan fingerprint density at radius 2 is 2.39 bits per heavy atom. The maximum Gasteiger partial charge on any atom is 0.320 e. The normalized spacial score (nSPS) is 19.7. The molecule has 94 valence electrons. The highest BCUT2D eigenvalue weighted by Crippen LogP contribution is 2.24. The third-order valence-electron chi connectivity index (χ3n) is 3.20. The molecule has 2 rings (SSSR count). The molecule has 1 aliphatic rings. The Balaban J connectivity index is 2.14. The zero-order valence-corrected chi connectivity index (χ0v) is 10.5. The van der Waals surface area contributed by atoms with Crippen LogP contribution in [0.1, 0.15) is 24.0 Å². The van der Waals surface area contributed by atoms with Gasteiger partial charge in [0.25, 0.3) is 0 Å². The Hall–Kier alpha value is -1.57. The van der Waals surface area contributed by atoms with Crippen LogP contribution in [-0.2, 0) is 11.3 Å². The Labute approximate surface area is 110 Å². The largest absolute Gasteiger partial charge is 0.480 e. The maximum atomic E-state index is 11.1. The van der Waals surface area contributed by atoms with Gasteiger partial charge in [0.1, 0.15) is 6.04 Å². The van der Waals surface area contributed by atoms with Crippen LogP contribution in [0.3, 0.4) is 0 Å². The van der Waals surface area contributed by atoms with E-state index in [0.717, 1.165) is 18.5 Å². The molecule has 5 heteroatoms. The number of hydrogen-bond donors (Lipinski definition) is 1. The van der Waals surface area contributed by atoms with E-state index in [1.807, 2.05) is 11.0 Å². The number of rotatable bonds is 3. The predicted molar refractivity (Wildman–Crippen MR) is 67.2 cm³/mol. The summed E-state index contributed by atoms with van der Waals surface area (Å²) >= 11 is 6.09. The van der Waals surface area contributed by atoms with Crippen LogP contribution in [0.2, 0.25) is 5.02 Å². The molecule has 1 fully saturated rings. The summed E-state index contributed by atoms with van der Waals surface area (Å²) < 4.78 is 0. The number of carboxylic acid groups (broad SMARTS) is 1. The fraction of sp³-hybridized carbons (Fsp3) is 0.385. The third-order valence-corrected chi connectivity index (χ3v) is 3.56. The van der Waals surface area contributed by atoms with Crippen molar-refractivity contribution in [3.8, 4) is 6.07 Å². The summed E-state index contributed by atoms with van der Waals surface area (Å²) in [5.41, 5.74) is 1.38. The van der Waals surface area contributed by atoms with E-state index >= 15 is 0 Å². The van der Waals surface area contributed by atoms with Gasteiger partial charge in [0, 0.05) is 11.6 Å². The molecule has 1 aromatic carbocycles. The molecule has 0 aromatic heterocycles. The topological polar surface area (TPSA) is 64.3 Å². The quantitative estimate of drug-likeness (QED) is 0.910. The Morgan fingerprint density at radius 3 is 3.00 bits per heavy atom. The maximum absolute atomic E-state index is 11.1. The first-order chi connectivity index (χ1) is 8.61. The van der Waals surface area contributed by atoms with Crippen molar-refractivity contribution in [2.45, 2.75) is 25.4 Å². The molecule has 0 bridgehead atoms. The third kappa shape index (κ3) is 2.63. The lowest BCUT2D eigenvalue weighted by Crippen LogP contribution is -2.35. The number of likely N-dealkylation sites (tertiary alicyclic amines) is 1. The summed E-state index contributed by atoms with van der Waals surface area (Å²) in [7, 11) is 0. The SMILES string of the molecule is N#Cc1ccc(CN2CCCC2C(=O)O)c(Cl)c1. The second-order valence-electron chi connectivity index (χ2n) is 4.38. The second kappa shape index (κ2) is 5.38. The van der Waals surface area contributed by atoms with Crippen molar-refractivity contribution in [1.29, 1.82) is 5.26 Å². The first-order valence-corrected chi connectivity index (χ1v) is 6.15. The minimum atomic E-state index is -0.780. The number of carboxylic acids is 1. The molecule has 0 saturated carbocycles. The van der Waals surface area contributed by atoms with Crippen LogP contribution in [0.15, 0.2) is 18.2 Å². The lowest BCUT2D eigenvalue weighted by Gasteiger charge is -2.21. The summed E-state index contributed by atoms with van der Waals surface area (Å²) in [5.74, 6) is -0.780. The van der Waals surface area contributed by atoms with Gasteiger partial charge in [0.05, 0.1) is 11.6 Å². The molecule has 4 nitrogen and oxygen atoms in total. The summed E-state index contributed by atoms with van der Waals surface area (Å²) in [6, 6.07) is 6.71. The van der Waals surface area contributed by atoms with E-state index in [1.165, 1.54) is 0 Å². The molecule has 0 aliphatic carbocycles. The van der Waals surface area contributed by atoms with Crippen molar-refractivity contribution < 1.29 is 9.90 Å². The number of carbonyl (C=O) groups is 1. The van der Waals surface area contributed by atoms with Crippen molar-refractivity contribution in [3.63, 3.8) is 0 Å². The molecule has 1 heterocycles. The van der Waals surface area contributed by atoms with Gasteiger partial charge in [-0.05, 0) is 37.1 Å². The van der Waals surface area contributed by atoms with Crippen molar-refractivity contribution >= 4 is 17.6 Å². The summed E-state index contributed by atoms with van der Waals surface area (Å²) in [6.45, 7) is 1.29. The molecule has 1 aromatic rings. The van der Waals surface area contributed by atoms with E-state index < -0.39 is 12.0 Å². The summed E-state index contributed by atoms with van der Waals surface area (Å²) in [4.78, 5) is 13.0. The Bertz CT molecular complexity index is 510. The van der Waals surface area contributed by atoms with Crippen molar-refractivity contribution in [2.24, 2.45) is 0 Å². The zero-order chi connectivity index (χ0) is 13.1. The monoisotopic (exact) mass is 264 g/mol. The van der Waals surface area contributed by atoms with Gasteiger partial charge in [-0.2, -0.15) is 5.26 Å². The number of aliphatic carboxylic acids is 1. The smallest absolute Gasteiger partial charge is 0.320 e. The molecule has 0 radical (unpaired) electrons. The molecule has 1 unspecified atom stereocenters. The van der Waals surface area contributed by atoms with Crippen LogP contribution in [-0.4, -0.2) is 28.6 Å². The number of halogens is 1. The predicted octanol–water partition coefficient (Wildman–Crippen LogP) is 2.26. The lowest BCUT2D eigenvalue weighted by atomic mass is 10.1. The molecule has 1 N–H and O–H groups in total.